The highest BCUT2D eigenvalue weighted by molar-refractivity contribution is 14.1. The fourth-order valence-corrected chi connectivity index (χ4v) is 0. The molecule has 6 heavy (non-hydrogen) atoms. The Balaban J connectivity index is 3.17. The second-order valence-electron chi connectivity index (χ2n) is 1.85. The molecular weight excluding hydrogens is 209 g/mol. The monoisotopic (exact) mass is 216 g/mol. The van der Waals surface area contributed by atoms with Gasteiger partial charge in [-0.2, -0.15) is 11.5 Å². The summed E-state index contributed by atoms with van der Waals surface area (Å²) < 4.78 is 0.277. The number of rotatable bonds is 1. The van der Waals surface area contributed by atoms with Crippen LogP contribution in [0.1, 0.15) is 13.8 Å². The van der Waals surface area contributed by atoms with Crippen LogP contribution in [0.15, 0.2) is 0 Å². The molecule has 0 nitrogen and oxygen atoms in total. The molecule has 3 heteroatoms. The molecule has 0 bridgehead atoms. The Hall–Kier alpha value is 1.08. The van der Waals surface area contributed by atoms with Gasteiger partial charge in [0.15, 0.2) is 0 Å². The van der Waals surface area contributed by atoms with E-state index in [-0.39, 0.29) is 3.32 Å². The van der Waals surface area contributed by atoms with Gasteiger partial charge in [0, 0.05) is 3.32 Å². The van der Waals surface area contributed by atoms with Crippen LogP contribution in [0.25, 0.3) is 0 Å². The standard InChI is InChI=1S/C3H7BClI/c1-3(2,6)4-5/h4H,1-2H3. The van der Waals surface area contributed by atoms with Gasteiger partial charge in [-0.25, -0.2) is 0 Å². The first-order valence-electron chi connectivity index (χ1n) is 1.81. The van der Waals surface area contributed by atoms with E-state index in [4.69, 9.17) is 11.5 Å². The van der Waals surface area contributed by atoms with Gasteiger partial charge in [-0.1, -0.05) is 36.4 Å². The van der Waals surface area contributed by atoms with Crippen molar-refractivity contribution < 1.29 is 0 Å². The number of halogens is 2. The molecule has 0 aliphatic rings. The van der Waals surface area contributed by atoms with Gasteiger partial charge in [-0.05, 0) is 0 Å². The van der Waals surface area contributed by atoms with Crippen LogP contribution < -0.4 is 0 Å². The lowest BCUT2D eigenvalue weighted by Gasteiger charge is -2.06. The Morgan fingerprint density at radius 2 is 1.83 bits per heavy atom. The summed E-state index contributed by atoms with van der Waals surface area (Å²) in [5, 5.41) is 0. The van der Waals surface area contributed by atoms with Crippen molar-refractivity contribution in [1.82, 2.24) is 0 Å². The van der Waals surface area contributed by atoms with E-state index < -0.39 is 0 Å². The molecule has 0 heterocycles. The first-order chi connectivity index (χ1) is 2.56. The molecule has 0 saturated heterocycles. The lowest BCUT2D eigenvalue weighted by molar-refractivity contribution is 1.05. The van der Waals surface area contributed by atoms with Crippen molar-refractivity contribution in [2.45, 2.75) is 17.2 Å². The van der Waals surface area contributed by atoms with Crippen molar-refractivity contribution >= 4 is 40.7 Å². The third-order valence-electron chi connectivity index (χ3n) is 0.318. The van der Waals surface area contributed by atoms with Gasteiger partial charge in [-0.3, -0.25) is 0 Å². The lowest BCUT2D eigenvalue weighted by Crippen LogP contribution is -2.13. The molecule has 0 N–H and O–H groups in total. The zero-order valence-corrected chi connectivity index (χ0v) is 6.88. The molecule has 0 saturated carbocycles. The normalized spacial score (nSPS) is 11.3. The van der Waals surface area contributed by atoms with Gasteiger partial charge in [-0.15, -0.1) is 0 Å². The van der Waals surface area contributed by atoms with Gasteiger partial charge < -0.3 is 0 Å². The molecule has 0 rings (SSSR count). The summed E-state index contributed by atoms with van der Waals surface area (Å²) in [6, 6.07) is 0. The van der Waals surface area contributed by atoms with Gasteiger partial charge in [0.25, 0.3) is 0 Å². The van der Waals surface area contributed by atoms with E-state index in [0.29, 0.717) is 0 Å². The molecular formula is C3H7BClI. The molecule has 0 unspecified atom stereocenters. The lowest BCUT2D eigenvalue weighted by atomic mass is 9.90. The third kappa shape index (κ3) is 5.08. The molecule has 0 fully saturated rings. The predicted octanol–water partition coefficient (Wildman–Crippen LogP) is 1.75. The number of alkyl halides is 1. The second-order valence-corrected chi connectivity index (χ2v) is 5.04. The molecule has 0 radical (unpaired) electrons. The quantitative estimate of drug-likeness (QED) is 0.356. The summed E-state index contributed by atoms with van der Waals surface area (Å²) in [5.74, 6) is 0. The fourth-order valence-electron chi connectivity index (χ4n) is 0. The van der Waals surface area contributed by atoms with Gasteiger partial charge >= 0.3 is 0 Å². The van der Waals surface area contributed by atoms with E-state index in [0.717, 1.165) is 6.69 Å². The predicted molar refractivity (Wildman–Crippen MR) is 41.1 cm³/mol. The van der Waals surface area contributed by atoms with E-state index >= 15 is 0 Å². The highest BCUT2D eigenvalue weighted by Gasteiger charge is 2.10. The Bertz CT molecular complexity index is 40.5. The van der Waals surface area contributed by atoms with Crippen LogP contribution in [0.2, 0.25) is 0 Å². The Labute approximate surface area is 57.9 Å². The molecule has 0 amide bonds. The maximum Gasteiger partial charge on any atom is 0.248 e. The van der Waals surface area contributed by atoms with Crippen LogP contribution in [0.5, 0.6) is 0 Å². The molecule has 0 spiro atoms. The first-order valence-corrected chi connectivity index (χ1v) is 3.42. The fraction of sp³-hybridized carbons (Fsp3) is 1.00. The molecule has 0 atom stereocenters. The van der Waals surface area contributed by atoms with E-state index in [1.807, 2.05) is 0 Å². The van der Waals surface area contributed by atoms with Crippen LogP contribution in [0, 0.1) is 0 Å². The Kier molecular flexibility index (Phi) is 2.84. The Morgan fingerprint density at radius 3 is 1.83 bits per heavy atom. The van der Waals surface area contributed by atoms with Crippen molar-refractivity contribution in [1.29, 1.82) is 0 Å². The van der Waals surface area contributed by atoms with Crippen LogP contribution in [-0.4, -0.2) is 10.0 Å². The Morgan fingerprint density at radius 1 is 1.67 bits per heavy atom. The maximum absolute atomic E-state index is 5.47. The summed E-state index contributed by atoms with van der Waals surface area (Å²) in [6.45, 7) is 4.93. The molecule has 0 aliphatic heterocycles. The minimum absolute atomic E-state index is 0.277. The van der Waals surface area contributed by atoms with E-state index in [9.17, 15) is 0 Å². The molecule has 0 aromatic rings. The van der Waals surface area contributed by atoms with Gasteiger partial charge in [0.2, 0.25) is 6.69 Å². The highest BCUT2D eigenvalue weighted by Crippen LogP contribution is 2.14. The smallest absolute Gasteiger partial charge is 0.200 e. The average Bonchev–Trinajstić information content (AvgIpc) is 1.35. The van der Waals surface area contributed by atoms with Crippen LogP contribution in [-0.2, 0) is 0 Å². The average molecular weight is 216 g/mol. The SMILES string of the molecule is CC(C)(I)BCl. The van der Waals surface area contributed by atoms with E-state index in [2.05, 4.69) is 36.4 Å². The van der Waals surface area contributed by atoms with Crippen molar-refractivity contribution in [3.63, 3.8) is 0 Å². The summed E-state index contributed by atoms with van der Waals surface area (Å²) in [5.41, 5.74) is 0. The van der Waals surface area contributed by atoms with E-state index in [1.165, 1.54) is 0 Å². The molecule has 0 aromatic carbocycles. The van der Waals surface area contributed by atoms with Crippen LogP contribution >= 0.6 is 34.1 Å². The number of hydrogen-bond acceptors (Lipinski definition) is 0. The van der Waals surface area contributed by atoms with Crippen molar-refractivity contribution in [3.05, 3.63) is 0 Å². The largest absolute Gasteiger partial charge is 0.248 e. The second kappa shape index (κ2) is 2.41. The minimum Gasteiger partial charge on any atom is -0.200 e. The van der Waals surface area contributed by atoms with Crippen molar-refractivity contribution in [2.24, 2.45) is 0 Å². The van der Waals surface area contributed by atoms with Gasteiger partial charge in [0.05, 0.1) is 0 Å². The topological polar surface area (TPSA) is 0 Å². The third-order valence-corrected chi connectivity index (χ3v) is 1.82. The molecule has 0 aromatic heterocycles. The van der Waals surface area contributed by atoms with Crippen LogP contribution in [0.3, 0.4) is 0 Å². The molecule has 0 aliphatic carbocycles. The zero-order chi connectivity index (χ0) is 5.21. The summed E-state index contributed by atoms with van der Waals surface area (Å²) in [6.07, 6.45) is 0. The summed E-state index contributed by atoms with van der Waals surface area (Å²) in [4.78, 5) is 0. The maximum atomic E-state index is 5.47. The van der Waals surface area contributed by atoms with Gasteiger partial charge in [0.1, 0.15) is 0 Å². The first kappa shape index (κ1) is 7.08. The minimum atomic E-state index is 0.277. The van der Waals surface area contributed by atoms with Crippen molar-refractivity contribution in [3.8, 4) is 0 Å². The highest BCUT2D eigenvalue weighted by atomic mass is 127. The zero-order valence-electron chi connectivity index (χ0n) is 3.96. The van der Waals surface area contributed by atoms with Crippen molar-refractivity contribution in [2.75, 3.05) is 0 Å². The summed E-state index contributed by atoms with van der Waals surface area (Å²) in [7, 11) is 0. The van der Waals surface area contributed by atoms with Crippen LogP contribution in [0.4, 0.5) is 0 Å². The molecule has 36 valence electrons. The van der Waals surface area contributed by atoms with E-state index in [1.54, 1.807) is 0 Å². The number of hydrogen-bond donors (Lipinski definition) is 0. The summed E-state index contributed by atoms with van der Waals surface area (Å²) >= 11 is 7.78.